The zero-order valence-electron chi connectivity index (χ0n) is 16.1. The molecule has 0 atom stereocenters. The van der Waals surface area contributed by atoms with E-state index in [1.54, 1.807) is 0 Å². The van der Waals surface area contributed by atoms with Gasteiger partial charge in [-0.1, -0.05) is 0 Å². The maximum atomic E-state index is 11.2. The van der Waals surface area contributed by atoms with Gasteiger partial charge in [-0.15, -0.1) is 0 Å². The number of amides is 3. The van der Waals surface area contributed by atoms with Gasteiger partial charge in [0.1, 0.15) is 0 Å². The lowest BCUT2D eigenvalue weighted by Crippen LogP contribution is -2.41. The largest absolute Gasteiger partial charge is 0.494 e. The Kier molecular flexibility index (Phi) is 19.2. The van der Waals surface area contributed by atoms with Crippen molar-refractivity contribution in [1.82, 2.24) is 21.3 Å². The number of nitrogens with two attached hydrogens (primary N) is 2. The Morgan fingerprint density at radius 2 is 1.38 bits per heavy atom. The van der Waals surface area contributed by atoms with E-state index in [2.05, 4.69) is 26.2 Å². The zero-order chi connectivity index (χ0) is 22.5. The summed E-state index contributed by atoms with van der Waals surface area (Å²) in [6.07, 6.45) is -0.959. The minimum Gasteiger partial charge on any atom is -0.368 e. The molecule has 9 N–H and O–H groups in total. The van der Waals surface area contributed by atoms with Crippen LogP contribution in [0.15, 0.2) is 0 Å². The predicted octanol–water partition coefficient (Wildman–Crippen LogP) is -0.966. The number of primary amides is 1. The van der Waals surface area contributed by atoms with Crippen LogP contribution in [0, 0.1) is 0 Å². The molecule has 29 heavy (non-hydrogen) atoms. The molecule has 0 aliphatic rings. The fourth-order valence-electron chi connectivity index (χ4n) is 1.67. The van der Waals surface area contributed by atoms with Crippen LogP contribution in [0.3, 0.4) is 0 Å². The number of alkyl halides is 3. The van der Waals surface area contributed by atoms with Crippen LogP contribution in [0.1, 0.15) is 25.7 Å². The molecule has 0 saturated heterocycles. The number of halogens is 3. The highest BCUT2D eigenvalue weighted by Gasteiger charge is 2.41. The Labute approximate surface area is 167 Å². The molecule has 0 unspecified atom stereocenters. The molecule has 0 bridgehead atoms. The minimum atomic E-state index is -5.10. The van der Waals surface area contributed by atoms with E-state index >= 15 is 0 Å². The molecular formula is C15H31F3N6O5. The summed E-state index contributed by atoms with van der Waals surface area (Å²) in [6, 6.07) is -0.364. The minimum absolute atomic E-state index is 0.136. The first kappa shape index (κ1) is 29.0. The van der Waals surface area contributed by atoms with Crippen molar-refractivity contribution < 1.29 is 37.7 Å². The van der Waals surface area contributed by atoms with Crippen LogP contribution in [-0.4, -0.2) is 75.2 Å². The summed E-state index contributed by atoms with van der Waals surface area (Å²) < 4.78 is 32.4. The molecular weight excluding hydrogens is 401 g/mol. The second kappa shape index (κ2) is 19.2. The molecule has 14 heteroatoms. The normalized spacial score (nSPS) is 10.5. The number of hydrogen-bond donors (Lipinski definition) is 7. The Balaban J connectivity index is 0. The fourth-order valence-corrected chi connectivity index (χ4v) is 1.67. The Morgan fingerprint density at radius 3 is 1.79 bits per heavy atom. The third-order valence-electron chi connectivity index (χ3n) is 3.07. The van der Waals surface area contributed by atoms with Gasteiger partial charge in [-0.05, 0) is 58.4 Å². The smallest absolute Gasteiger partial charge is 0.368 e. The molecule has 0 heterocycles. The highest BCUT2D eigenvalue weighted by Crippen LogP contribution is 2.15. The van der Waals surface area contributed by atoms with Crippen molar-refractivity contribution in [3.8, 4) is 0 Å². The second-order valence-corrected chi connectivity index (χ2v) is 5.66. The molecule has 0 rings (SSSR count). The average Bonchev–Trinajstić information content (AvgIpc) is 2.66. The van der Waals surface area contributed by atoms with Gasteiger partial charge in [-0.3, -0.25) is 9.68 Å². The van der Waals surface area contributed by atoms with Crippen molar-refractivity contribution in [2.24, 2.45) is 11.5 Å². The predicted molar refractivity (Wildman–Crippen MR) is 98.6 cm³/mol. The van der Waals surface area contributed by atoms with E-state index in [1.807, 2.05) is 0 Å². The molecule has 0 radical (unpaired) electrons. The number of rotatable bonds is 14. The monoisotopic (exact) mass is 432 g/mol. The number of carbonyl (C=O) groups is 3. The van der Waals surface area contributed by atoms with Crippen molar-refractivity contribution >= 4 is 17.9 Å². The van der Waals surface area contributed by atoms with E-state index in [-0.39, 0.29) is 12.6 Å². The third-order valence-corrected chi connectivity index (χ3v) is 3.07. The number of hydrogen-bond acceptors (Lipinski definition) is 8. The van der Waals surface area contributed by atoms with Crippen LogP contribution in [0.25, 0.3) is 0 Å². The first-order chi connectivity index (χ1) is 13.6. The highest BCUT2D eigenvalue weighted by atomic mass is 19.4. The van der Waals surface area contributed by atoms with E-state index in [1.165, 1.54) is 0 Å². The molecule has 0 aliphatic carbocycles. The molecule has 0 saturated carbocycles. The summed E-state index contributed by atoms with van der Waals surface area (Å²) >= 11 is 0. The van der Waals surface area contributed by atoms with Gasteiger partial charge in [0.15, 0.2) is 0 Å². The van der Waals surface area contributed by atoms with Crippen LogP contribution in [-0.2, 0) is 14.5 Å². The van der Waals surface area contributed by atoms with Gasteiger partial charge < -0.3 is 32.7 Å². The summed E-state index contributed by atoms with van der Waals surface area (Å²) in [5.74, 6) is -3.16. The lowest BCUT2D eigenvalue weighted by Gasteiger charge is -2.07. The fraction of sp³-hybridized carbons (Fsp3) is 0.800. The van der Waals surface area contributed by atoms with Crippen molar-refractivity contribution in [2.75, 3.05) is 45.8 Å². The lowest BCUT2D eigenvalue weighted by atomic mass is 10.3. The van der Waals surface area contributed by atoms with Crippen LogP contribution in [0.2, 0.25) is 0 Å². The first-order valence-electron chi connectivity index (χ1n) is 8.99. The van der Waals surface area contributed by atoms with E-state index < -0.39 is 18.1 Å². The van der Waals surface area contributed by atoms with Crippen molar-refractivity contribution in [3.63, 3.8) is 0 Å². The standard InChI is InChI=1S/C13H30N6O2.C2HF3O3/c14-5-3-8-16-6-1-2-7-17-9-4-10-18-13(21)19-11-12(15)20;3-2(4,5)1(6)8-7/h16-17H,1-11,14H2,(H2,15,20)(H2,18,19,21);7H. The molecule has 0 aliphatic heterocycles. The van der Waals surface area contributed by atoms with E-state index in [0.717, 1.165) is 58.4 Å². The number of unbranched alkanes of at least 4 members (excludes halogenated alkanes) is 1. The number of nitrogens with one attached hydrogen (secondary N) is 4. The molecule has 172 valence electrons. The Hall–Kier alpha value is -2.16. The summed E-state index contributed by atoms with van der Waals surface area (Å²) in [4.78, 5) is 33.2. The van der Waals surface area contributed by atoms with E-state index in [4.69, 9.17) is 16.7 Å². The topological polar surface area (TPSA) is 181 Å². The van der Waals surface area contributed by atoms with Gasteiger partial charge in [0.05, 0.1) is 6.54 Å². The zero-order valence-corrected chi connectivity index (χ0v) is 16.1. The molecule has 11 nitrogen and oxygen atoms in total. The number of urea groups is 1. The summed E-state index contributed by atoms with van der Waals surface area (Å²) in [5.41, 5.74) is 10.3. The van der Waals surface area contributed by atoms with Crippen LogP contribution in [0.4, 0.5) is 18.0 Å². The van der Waals surface area contributed by atoms with Gasteiger partial charge in [-0.2, -0.15) is 18.4 Å². The van der Waals surface area contributed by atoms with Gasteiger partial charge in [-0.25, -0.2) is 9.59 Å². The van der Waals surface area contributed by atoms with Gasteiger partial charge in [0.2, 0.25) is 5.91 Å². The Morgan fingerprint density at radius 1 is 0.862 bits per heavy atom. The van der Waals surface area contributed by atoms with Crippen LogP contribution < -0.4 is 32.7 Å². The molecule has 0 aromatic carbocycles. The quantitative estimate of drug-likeness (QED) is 0.104. The lowest BCUT2D eigenvalue weighted by molar-refractivity contribution is -0.272. The van der Waals surface area contributed by atoms with Gasteiger partial charge >= 0.3 is 18.2 Å². The van der Waals surface area contributed by atoms with Crippen molar-refractivity contribution in [1.29, 1.82) is 0 Å². The SMILES string of the molecule is NCCCNCCCCNCCCNC(=O)NCC(N)=O.O=C(OO)C(F)(F)F. The van der Waals surface area contributed by atoms with Gasteiger partial charge in [0.25, 0.3) is 0 Å². The maximum absolute atomic E-state index is 11.2. The first-order valence-corrected chi connectivity index (χ1v) is 8.99. The number of carbonyl (C=O) groups excluding carboxylic acids is 3. The van der Waals surface area contributed by atoms with Crippen molar-refractivity contribution in [3.05, 3.63) is 0 Å². The molecule has 0 aromatic heterocycles. The molecule has 3 amide bonds. The van der Waals surface area contributed by atoms with Crippen LogP contribution >= 0.6 is 0 Å². The molecule has 0 fully saturated rings. The summed E-state index contributed by atoms with van der Waals surface area (Å²) in [5, 5.41) is 18.8. The summed E-state index contributed by atoms with van der Waals surface area (Å²) in [7, 11) is 0. The third kappa shape index (κ3) is 23.8. The van der Waals surface area contributed by atoms with Crippen molar-refractivity contribution in [2.45, 2.75) is 31.9 Å². The van der Waals surface area contributed by atoms with E-state index in [0.29, 0.717) is 6.54 Å². The van der Waals surface area contributed by atoms with Crippen LogP contribution in [0.5, 0.6) is 0 Å². The van der Waals surface area contributed by atoms with E-state index in [9.17, 15) is 27.6 Å². The molecule has 0 aromatic rings. The second-order valence-electron chi connectivity index (χ2n) is 5.66. The summed E-state index contributed by atoms with van der Waals surface area (Å²) in [6.45, 7) is 5.03. The maximum Gasteiger partial charge on any atom is 0.494 e. The highest BCUT2D eigenvalue weighted by molar-refractivity contribution is 5.82. The van der Waals surface area contributed by atoms with Gasteiger partial charge in [0, 0.05) is 6.54 Å². The molecule has 0 spiro atoms. The average molecular weight is 432 g/mol. The Bertz CT molecular complexity index is 455.